The molecule has 2 aromatic carbocycles. The van der Waals surface area contributed by atoms with Crippen LogP contribution in [0.25, 0.3) is 0 Å². The van der Waals surface area contributed by atoms with Crippen LogP contribution < -0.4 is 14.2 Å². The maximum Gasteiger partial charge on any atom is 0.256 e. The first kappa shape index (κ1) is 23.4. The van der Waals surface area contributed by atoms with E-state index in [1.165, 1.54) is 39.5 Å². The first-order chi connectivity index (χ1) is 15.4. The zero-order chi connectivity index (χ0) is 23.4. The maximum absolute atomic E-state index is 14.3. The van der Waals surface area contributed by atoms with E-state index in [2.05, 4.69) is 0 Å². The van der Waals surface area contributed by atoms with Crippen LogP contribution in [-0.4, -0.2) is 69.6 Å². The lowest BCUT2D eigenvalue weighted by atomic mass is 9.87. The molecule has 8 heteroatoms. The standard InChI is InChI=1S/C24H29FN2O5/c1-6-26(2)23(28)18-14-27(24(29)16-9-7-8-10-19(16)25)13-17(18)15-11-20(30-3)22(32-5)21(12-15)31-4/h7-12,17-18H,6,13-14H2,1-5H3/t17-,18-/m0/s1. The third-order valence-corrected chi connectivity index (χ3v) is 5.99. The second-order valence-corrected chi connectivity index (χ2v) is 7.71. The number of ether oxygens (including phenoxy) is 3. The van der Waals surface area contributed by atoms with Crippen LogP contribution in [0.2, 0.25) is 0 Å². The first-order valence-electron chi connectivity index (χ1n) is 10.4. The number of likely N-dealkylation sites (tertiary alicyclic amines) is 1. The van der Waals surface area contributed by atoms with Gasteiger partial charge in [0.05, 0.1) is 32.8 Å². The number of hydrogen-bond donors (Lipinski definition) is 0. The van der Waals surface area contributed by atoms with Crippen molar-refractivity contribution in [3.63, 3.8) is 0 Å². The minimum absolute atomic E-state index is 0.00640. The van der Waals surface area contributed by atoms with E-state index < -0.39 is 17.6 Å². The number of benzene rings is 2. The van der Waals surface area contributed by atoms with Crippen molar-refractivity contribution in [1.82, 2.24) is 9.80 Å². The topological polar surface area (TPSA) is 68.3 Å². The smallest absolute Gasteiger partial charge is 0.256 e. The predicted octanol–water partition coefficient (Wildman–Crippen LogP) is 3.19. The second-order valence-electron chi connectivity index (χ2n) is 7.71. The quantitative estimate of drug-likeness (QED) is 0.656. The molecule has 32 heavy (non-hydrogen) atoms. The van der Waals surface area contributed by atoms with Gasteiger partial charge < -0.3 is 24.0 Å². The average Bonchev–Trinajstić information content (AvgIpc) is 3.27. The Labute approximate surface area is 187 Å². The molecular formula is C24H29FN2O5. The lowest BCUT2D eigenvalue weighted by molar-refractivity contribution is -0.133. The number of carbonyl (C=O) groups excluding carboxylic acids is 2. The fourth-order valence-corrected chi connectivity index (χ4v) is 4.12. The van der Waals surface area contributed by atoms with Crippen LogP contribution in [0.1, 0.15) is 28.8 Å². The van der Waals surface area contributed by atoms with Gasteiger partial charge in [-0.25, -0.2) is 4.39 Å². The van der Waals surface area contributed by atoms with Crippen LogP contribution in [0, 0.1) is 11.7 Å². The first-order valence-corrected chi connectivity index (χ1v) is 10.4. The van der Waals surface area contributed by atoms with E-state index in [-0.39, 0.29) is 30.5 Å². The Hall–Kier alpha value is -3.29. The molecule has 2 atom stereocenters. The SMILES string of the molecule is CCN(C)C(=O)[C@H]1CN(C(=O)c2ccccc2F)C[C@H]1c1cc(OC)c(OC)c(OC)c1. The van der Waals surface area contributed by atoms with E-state index in [0.29, 0.717) is 23.8 Å². The highest BCUT2D eigenvalue weighted by atomic mass is 19.1. The molecule has 0 bridgehead atoms. The van der Waals surface area contributed by atoms with Crippen LogP contribution in [0.5, 0.6) is 17.2 Å². The summed E-state index contributed by atoms with van der Waals surface area (Å²) in [5.74, 6) is -0.511. The lowest BCUT2D eigenvalue weighted by Crippen LogP contribution is -2.37. The number of methoxy groups -OCH3 is 3. The third-order valence-electron chi connectivity index (χ3n) is 5.99. The van der Waals surface area contributed by atoms with Gasteiger partial charge in [0.25, 0.3) is 5.91 Å². The molecule has 0 spiro atoms. The van der Waals surface area contributed by atoms with Crippen molar-refractivity contribution in [2.24, 2.45) is 5.92 Å². The van der Waals surface area contributed by atoms with Gasteiger partial charge in [-0.3, -0.25) is 9.59 Å². The highest BCUT2D eigenvalue weighted by molar-refractivity contribution is 5.95. The Morgan fingerprint density at radius 3 is 2.22 bits per heavy atom. The normalized spacial score (nSPS) is 17.8. The molecule has 0 unspecified atom stereocenters. The number of carbonyl (C=O) groups is 2. The number of hydrogen-bond acceptors (Lipinski definition) is 5. The molecule has 0 radical (unpaired) electrons. The molecule has 0 saturated carbocycles. The Balaban J connectivity index is 2.03. The summed E-state index contributed by atoms with van der Waals surface area (Å²) < 4.78 is 30.6. The molecule has 172 valence electrons. The molecule has 1 saturated heterocycles. The second kappa shape index (κ2) is 9.89. The van der Waals surface area contributed by atoms with E-state index in [1.54, 1.807) is 35.0 Å². The van der Waals surface area contributed by atoms with Crippen molar-refractivity contribution in [2.45, 2.75) is 12.8 Å². The fraction of sp³-hybridized carbons (Fsp3) is 0.417. The molecule has 0 N–H and O–H groups in total. The zero-order valence-electron chi connectivity index (χ0n) is 19.1. The summed E-state index contributed by atoms with van der Waals surface area (Å²) >= 11 is 0. The fourth-order valence-electron chi connectivity index (χ4n) is 4.12. The van der Waals surface area contributed by atoms with E-state index >= 15 is 0 Å². The van der Waals surface area contributed by atoms with E-state index in [0.717, 1.165) is 5.56 Å². The summed E-state index contributed by atoms with van der Waals surface area (Å²) in [5.41, 5.74) is 0.777. The number of amides is 2. The van der Waals surface area contributed by atoms with Gasteiger partial charge >= 0.3 is 0 Å². The van der Waals surface area contributed by atoms with Crippen LogP contribution >= 0.6 is 0 Å². The molecule has 1 heterocycles. The summed E-state index contributed by atoms with van der Waals surface area (Å²) in [7, 11) is 6.30. The van der Waals surface area contributed by atoms with Gasteiger partial charge in [0.15, 0.2) is 11.5 Å². The zero-order valence-corrected chi connectivity index (χ0v) is 19.1. The van der Waals surface area contributed by atoms with E-state index in [1.807, 2.05) is 6.92 Å². The Morgan fingerprint density at radius 1 is 1.06 bits per heavy atom. The van der Waals surface area contributed by atoms with Gasteiger partial charge in [-0.1, -0.05) is 12.1 Å². The summed E-state index contributed by atoms with van der Waals surface area (Å²) in [4.78, 5) is 29.5. The maximum atomic E-state index is 14.3. The van der Waals surface area contributed by atoms with Crippen molar-refractivity contribution < 1.29 is 28.2 Å². The monoisotopic (exact) mass is 444 g/mol. The van der Waals surface area contributed by atoms with Gasteiger partial charge in [0.2, 0.25) is 11.7 Å². The van der Waals surface area contributed by atoms with Gasteiger partial charge in [0.1, 0.15) is 5.82 Å². The predicted molar refractivity (Wildman–Crippen MR) is 118 cm³/mol. The van der Waals surface area contributed by atoms with Crippen molar-refractivity contribution in [3.8, 4) is 17.2 Å². The Morgan fingerprint density at radius 2 is 1.69 bits per heavy atom. The minimum Gasteiger partial charge on any atom is -0.493 e. The number of halogens is 1. The largest absolute Gasteiger partial charge is 0.493 e. The molecule has 2 amide bonds. The molecule has 1 aliphatic rings. The molecule has 1 fully saturated rings. The molecular weight excluding hydrogens is 415 g/mol. The van der Waals surface area contributed by atoms with Gasteiger partial charge in [-0.2, -0.15) is 0 Å². The van der Waals surface area contributed by atoms with Crippen molar-refractivity contribution >= 4 is 11.8 Å². The van der Waals surface area contributed by atoms with Crippen LogP contribution in [0.4, 0.5) is 4.39 Å². The number of nitrogens with zero attached hydrogens (tertiary/aromatic N) is 2. The van der Waals surface area contributed by atoms with Gasteiger partial charge in [-0.15, -0.1) is 0 Å². The number of rotatable bonds is 7. The van der Waals surface area contributed by atoms with Crippen LogP contribution in [0.3, 0.4) is 0 Å². The average molecular weight is 445 g/mol. The summed E-state index contributed by atoms with van der Waals surface area (Å²) in [5, 5.41) is 0. The summed E-state index contributed by atoms with van der Waals surface area (Å²) in [6.07, 6.45) is 0. The highest BCUT2D eigenvalue weighted by Gasteiger charge is 2.42. The van der Waals surface area contributed by atoms with Crippen molar-refractivity contribution in [3.05, 3.63) is 53.3 Å². The van der Waals surface area contributed by atoms with Gasteiger partial charge in [0, 0.05) is 32.6 Å². The lowest BCUT2D eigenvalue weighted by Gasteiger charge is -2.24. The molecule has 3 rings (SSSR count). The Kier molecular flexibility index (Phi) is 7.22. The van der Waals surface area contributed by atoms with Crippen molar-refractivity contribution in [2.75, 3.05) is 48.0 Å². The molecule has 1 aliphatic heterocycles. The third kappa shape index (κ3) is 4.35. The molecule has 0 aromatic heterocycles. The molecule has 0 aliphatic carbocycles. The highest BCUT2D eigenvalue weighted by Crippen LogP contribution is 2.43. The van der Waals surface area contributed by atoms with Crippen LogP contribution in [-0.2, 0) is 4.79 Å². The van der Waals surface area contributed by atoms with Crippen molar-refractivity contribution in [1.29, 1.82) is 0 Å². The van der Waals surface area contributed by atoms with Crippen LogP contribution in [0.15, 0.2) is 36.4 Å². The van der Waals surface area contributed by atoms with E-state index in [4.69, 9.17) is 14.2 Å². The Bertz CT molecular complexity index is 971. The van der Waals surface area contributed by atoms with E-state index in [9.17, 15) is 14.0 Å². The minimum atomic E-state index is -0.581. The summed E-state index contributed by atoms with van der Waals surface area (Å²) in [6.45, 7) is 2.89. The van der Waals surface area contributed by atoms with Gasteiger partial charge in [-0.05, 0) is 36.8 Å². The molecule has 7 nitrogen and oxygen atoms in total. The molecule has 2 aromatic rings. The summed E-state index contributed by atoms with van der Waals surface area (Å²) in [6, 6.07) is 9.48.